The van der Waals surface area contributed by atoms with Gasteiger partial charge in [-0.3, -0.25) is 4.90 Å². The van der Waals surface area contributed by atoms with Crippen LogP contribution in [0, 0.1) is 0 Å². The highest BCUT2D eigenvalue weighted by Gasteiger charge is 2.37. The van der Waals surface area contributed by atoms with Gasteiger partial charge in [-0.25, -0.2) is 9.59 Å². The maximum absolute atomic E-state index is 12.8. The van der Waals surface area contributed by atoms with Crippen LogP contribution < -0.4 is 15.2 Å². The first-order chi connectivity index (χ1) is 13.8. The predicted octanol–water partition coefficient (Wildman–Crippen LogP) is 1.72. The number of carbonyl (C=O) groups is 3. The second-order valence-electron chi connectivity index (χ2n) is 6.15. The van der Waals surface area contributed by atoms with Gasteiger partial charge in [-0.2, -0.15) is 8.78 Å². The smallest absolute Gasteiger partial charge is 0.387 e. The number of esters is 1. The molecule has 0 spiro atoms. The Balaban J connectivity index is 2.47. The van der Waals surface area contributed by atoms with Gasteiger partial charge in [0.1, 0.15) is 5.75 Å². The number of halogens is 2. The molecule has 0 saturated carbocycles. The molecule has 0 fully saturated rings. The highest BCUT2D eigenvalue weighted by Crippen LogP contribution is 2.36. The Morgan fingerprint density at radius 3 is 2.62 bits per heavy atom. The van der Waals surface area contributed by atoms with Crippen LogP contribution in [0.4, 0.5) is 13.6 Å². The maximum Gasteiger partial charge on any atom is 0.387 e. The first kappa shape index (κ1) is 22.1. The molecule has 1 aliphatic rings. The number of para-hydroxylation sites is 1. The van der Waals surface area contributed by atoms with Gasteiger partial charge in [0, 0.05) is 23.8 Å². The second kappa shape index (κ2) is 9.85. The molecule has 2 rings (SSSR count). The Bertz CT molecular complexity index is 812. The zero-order chi connectivity index (χ0) is 21.6. The molecule has 1 heterocycles. The van der Waals surface area contributed by atoms with E-state index in [0.717, 1.165) is 0 Å². The van der Waals surface area contributed by atoms with Crippen molar-refractivity contribution in [1.82, 2.24) is 10.2 Å². The van der Waals surface area contributed by atoms with Gasteiger partial charge in [0.2, 0.25) is 0 Å². The number of hydrogen-bond donors (Lipinski definition) is 1. The van der Waals surface area contributed by atoms with E-state index < -0.39 is 30.6 Å². The molecular formula is C19H21F2N2O6-. The molecule has 1 aromatic rings. The van der Waals surface area contributed by atoms with Crippen molar-refractivity contribution < 1.29 is 37.7 Å². The van der Waals surface area contributed by atoms with E-state index in [4.69, 9.17) is 4.74 Å². The van der Waals surface area contributed by atoms with Gasteiger partial charge >= 0.3 is 18.6 Å². The first-order valence-electron chi connectivity index (χ1n) is 8.95. The van der Waals surface area contributed by atoms with Crippen LogP contribution in [0.2, 0.25) is 0 Å². The van der Waals surface area contributed by atoms with E-state index in [1.54, 1.807) is 13.0 Å². The molecular weight excluding hydrogens is 390 g/mol. The van der Waals surface area contributed by atoms with Crippen LogP contribution in [-0.4, -0.2) is 42.6 Å². The van der Waals surface area contributed by atoms with E-state index in [9.17, 15) is 28.3 Å². The average Bonchev–Trinajstić information content (AvgIpc) is 2.63. The first-order valence-corrected chi connectivity index (χ1v) is 8.95. The Morgan fingerprint density at radius 2 is 2.00 bits per heavy atom. The number of ether oxygens (including phenoxy) is 2. The molecule has 0 saturated heterocycles. The van der Waals surface area contributed by atoms with E-state index in [-0.39, 0.29) is 48.6 Å². The van der Waals surface area contributed by atoms with Crippen LogP contribution in [0.15, 0.2) is 35.5 Å². The average molecular weight is 411 g/mol. The van der Waals surface area contributed by atoms with E-state index in [2.05, 4.69) is 10.1 Å². The lowest BCUT2D eigenvalue weighted by molar-refractivity contribution is -0.305. The summed E-state index contributed by atoms with van der Waals surface area (Å²) >= 11 is 0. The van der Waals surface area contributed by atoms with Crippen molar-refractivity contribution >= 4 is 18.0 Å². The van der Waals surface area contributed by atoms with Gasteiger partial charge in [-0.15, -0.1) is 0 Å². The zero-order valence-electron chi connectivity index (χ0n) is 15.9. The van der Waals surface area contributed by atoms with E-state index in [0.29, 0.717) is 0 Å². The Morgan fingerprint density at radius 1 is 1.31 bits per heavy atom. The van der Waals surface area contributed by atoms with Crippen molar-refractivity contribution in [1.29, 1.82) is 0 Å². The maximum atomic E-state index is 12.8. The van der Waals surface area contributed by atoms with E-state index >= 15 is 0 Å². The number of carboxylic acid groups (broad SMARTS) is 1. The molecule has 0 unspecified atom stereocenters. The topological polar surface area (TPSA) is 108 Å². The highest BCUT2D eigenvalue weighted by atomic mass is 19.3. The monoisotopic (exact) mass is 411 g/mol. The lowest BCUT2D eigenvalue weighted by Gasteiger charge is -2.35. The lowest BCUT2D eigenvalue weighted by atomic mass is 9.94. The number of carboxylic acids is 1. The van der Waals surface area contributed by atoms with Crippen LogP contribution in [0.1, 0.15) is 38.3 Å². The molecule has 0 bridgehead atoms. The van der Waals surface area contributed by atoms with Crippen LogP contribution in [0.25, 0.3) is 0 Å². The van der Waals surface area contributed by atoms with Crippen molar-refractivity contribution in [2.45, 2.75) is 39.3 Å². The van der Waals surface area contributed by atoms with Gasteiger partial charge in [-0.1, -0.05) is 18.2 Å². The molecule has 1 aliphatic heterocycles. The number of nitrogens with one attached hydrogen (secondary N) is 1. The number of amides is 2. The Kier molecular flexibility index (Phi) is 7.52. The fourth-order valence-corrected chi connectivity index (χ4v) is 3.06. The second-order valence-corrected chi connectivity index (χ2v) is 6.15. The Labute approximate surface area is 166 Å². The number of allylic oxidation sites excluding steroid dienone is 1. The third-order valence-electron chi connectivity index (χ3n) is 4.30. The largest absolute Gasteiger partial charge is 0.550 e. The SMILES string of the molecule is CCOC(=O)C1=C(C)N(CCCC(=O)[O-])C(=O)N[C@@H]1c1ccccc1OC(F)F. The molecule has 0 aromatic heterocycles. The summed E-state index contributed by atoms with van der Waals surface area (Å²) in [5.41, 5.74) is 0.450. The standard InChI is InChI=1S/C19H22F2N2O6/c1-3-28-17(26)15-11(2)23(10-6-9-14(24)25)19(27)22-16(15)12-7-4-5-8-13(12)29-18(20)21/h4-5,7-8,16,18H,3,6,9-10H2,1-2H3,(H,22,27)(H,24,25)/p-1/t16-/m1/s1. The molecule has 0 aliphatic carbocycles. The van der Waals surface area contributed by atoms with Crippen molar-refractivity contribution in [2.75, 3.05) is 13.2 Å². The summed E-state index contributed by atoms with van der Waals surface area (Å²) in [7, 11) is 0. The quantitative estimate of drug-likeness (QED) is 0.620. The van der Waals surface area contributed by atoms with Crippen LogP contribution in [0.3, 0.4) is 0 Å². The van der Waals surface area contributed by atoms with Gasteiger partial charge in [0.05, 0.1) is 18.2 Å². The molecule has 1 N–H and O–H groups in total. The zero-order valence-corrected chi connectivity index (χ0v) is 15.9. The normalized spacial score (nSPS) is 16.7. The minimum Gasteiger partial charge on any atom is -0.550 e. The summed E-state index contributed by atoms with van der Waals surface area (Å²) in [6.45, 7) is 0.114. The Hall–Kier alpha value is -3.17. The summed E-state index contributed by atoms with van der Waals surface area (Å²) in [5.74, 6) is -2.18. The molecule has 1 aromatic carbocycles. The minimum absolute atomic E-state index is 0.0243. The number of rotatable bonds is 9. The fraction of sp³-hybridized carbons (Fsp3) is 0.421. The summed E-state index contributed by atoms with van der Waals surface area (Å²) in [5, 5.41) is 13.2. The number of carbonyl (C=O) groups excluding carboxylic acids is 3. The van der Waals surface area contributed by atoms with Gasteiger partial charge in [0.25, 0.3) is 0 Å². The van der Waals surface area contributed by atoms with E-state index in [1.165, 1.54) is 30.0 Å². The summed E-state index contributed by atoms with van der Waals surface area (Å²) < 4.78 is 35.2. The minimum atomic E-state index is -3.09. The third kappa shape index (κ3) is 5.43. The highest BCUT2D eigenvalue weighted by molar-refractivity contribution is 5.95. The van der Waals surface area contributed by atoms with Crippen molar-refractivity contribution in [2.24, 2.45) is 0 Å². The third-order valence-corrected chi connectivity index (χ3v) is 4.30. The van der Waals surface area contributed by atoms with Gasteiger partial charge in [0.15, 0.2) is 0 Å². The molecule has 1 atom stereocenters. The molecule has 2 amide bonds. The summed E-state index contributed by atoms with van der Waals surface area (Å²) in [6.07, 6.45) is -0.154. The number of nitrogens with zero attached hydrogens (tertiary/aromatic N) is 1. The molecule has 158 valence electrons. The van der Waals surface area contributed by atoms with Crippen LogP contribution in [-0.2, 0) is 14.3 Å². The number of alkyl halides is 2. The number of benzene rings is 1. The number of aliphatic carboxylic acids is 1. The van der Waals surface area contributed by atoms with Crippen LogP contribution >= 0.6 is 0 Å². The van der Waals surface area contributed by atoms with Crippen LogP contribution in [0.5, 0.6) is 5.75 Å². The predicted molar refractivity (Wildman–Crippen MR) is 94.6 cm³/mol. The van der Waals surface area contributed by atoms with Crippen molar-refractivity contribution in [3.05, 3.63) is 41.1 Å². The summed E-state index contributed by atoms with van der Waals surface area (Å²) in [4.78, 5) is 37.1. The molecule has 0 radical (unpaired) electrons. The van der Waals surface area contributed by atoms with Crippen molar-refractivity contribution in [3.8, 4) is 5.75 Å². The fourth-order valence-electron chi connectivity index (χ4n) is 3.06. The van der Waals surface area contributed by atoms with Gasteiger partial charge < -0.3 is 24.7 Å². The lowest BCUT2D eigenvalue weighted by Crippen LogP contribution is -2.48. The molecule has 10 heteroatoms. The number of urea groups is 1. The molecule has 8 nitrogen and oxygen atoms in total. The van der Waals surface area contributed by atoms with E-state index in [1.807, 2.05) is 0 Å². The van der Waals surface area contributed by atoms with Crippen molar-refractivity contribution in [3.63, 3.8) is 0 Å². The molecule has 29 heavy (non-hydrogen) atoms. The number of hydrogen-bond acceptors (Lipinski definition) is 6. The summed E-state index contributed by atoms with van der Waals surface area (Å²) in [6, 6.07) is 4.13. The van der Waals surface area contributed by atoms with Gasteiger partial charge in [-0.05, 0) is 32.8 Å².